The van der Waals surface area contributed by atoms with Gasteiger partial charge in [-0.3, -0.25) is 9.48 Å². The maximum atomic E-state index is 12.6. The third kappa shape index (κ3) is 2.29. The van der Waals surface area contributed by atoms with Crippen LogP contribution in [0.25, 0.3) is 0 Å². The molecule has 2 fully saturated rings. The molecular formula is C15H22ClN3O. The Morgan fingerprint density at radius 1 is 1.30 bits per heavy atom. The lowest BCUT2D eigenvalue weighted by Crippen LogP contribution is -2.42. The lowest BCUT2D eigenvalue weighted by molar-refractivity contribution is -0.124. The molecule has 2 aliphatic rings. The molecule has 1 aromatic rings. The second-order valence-corrected chi connectivity index (χ2v) is 6.71. The molecular weight excluding hydrogens is 274 g/mol. The molecule has 0 saturated carbocycles. The smallest absolute Gasteiger partial charge is 0.142 e. The summed E-state index contributed by atoms with van der Waals surface area (Å²) in [6.45, 7) is 1.88. The van der Waals surface area contributed by atoms with Crippen molar-refractivity contribution in [1.82, 2.24) is 14.7 Å². The first-order valence-corrected chi connectivity index (χ1v) is 7.77. The first kappa shape index (κ1) is 14.1. The van der Waals surface area contributed by atoms with Crippen LogP contribution in [0.2, 0.25) is 5.02 Å². The number of piperidine rings is 1. The number of halogens is 1. The molecule has 0 radical (unpaired) electrons. The number of ketones is 1. The molecule has 3 heterocycles. The van der Waals surface area contributed by atoms with E-state index < -0.39 is 0 Å². The van der Waals surface area contributed by atoms with Crippen LogP contribution < -0.4 is 0 Å². The summed E-state index contributed by atoms with van der Waals surface area (Å²) in [6.07, 6.45) is 4.94. The number of rotatable bonds is 3. The van der Waals surface area contributed by atoms with Crippen molar-refractivity contribution in [3.05, 3.63) is 16.4 Å². The molecule has 0 aromatic carbocycles. The molecule has 20 heavy (non-hydrogen) atoms. The Bertz CT molecular complexity index is 525. The minimum Gasteiger partial charge on any atom is -0.300 e. The second kappa shape index (κ2) is 5.15. The molecule has 0 N–H and O–H groups in total. The largest absolute Gasteiger partial charge is 0.300 e. The fraction of sp³-hybridized carbons (Fsp3) is 0.733. The van der Waals surface area contributed by atoms with E-state index in [-0.39, 0.29) is 5.92 Å². The topological polar surface area (TPSA) is 38.1 Å². The summed E-state index contributed by atoms with van der Waals surface area (Å²) in [7, 11) is 4.06. The van der Waals surface area contributed by atoms with Crippen LogP contribution in [0.1, 0.15) is 37.1 Å². The van der Waals surface area contributed by atoms with Gasteiger partial charge in [0, 0.05) is 25.0 Å². The Morgan fingerprint density at radius 3 is 2.40 bits per heavy atom. The number of hydrogen-bond acceptors (Lipinski definition) is 3. The highest BCUT2D eigenvalue weighted by Gasteiger charge is 2.40. The van der Waals surface area contributed by atoms with Gasteiger partial charge < -0.3 is 4.90 Å². The molecule has 3 rings (SSSR count). The predicted octanol–water partition coefficient (Wildman–Crippen LogP) is 2.37. The van der Waals surface area contributed by atoms with E-state index in [0.29, 0.717) is 29.3 Å². The summed E-state index contributed by atoms with van der Waals surface area (Å²) >= 11 is 6.25. The van der Waals surface area contributed by atoms with Crippen LogP contribution >= 0.6 is 11.6 Å². The van der Waals surface area contributed by atoms with Crippen LogP contribution in [0.4, 0.5) is 0 Å². The van der Waals surface area contributed by atoms with Crippen molar-refractivity contribution in [3.63, 3.8) is 0 Å². The van der Waals surface area contributed by atoms with E-state index in [1.165, 1.54) is 12.8 Å². The maximum absolute atomic E-state index is 12.6. The van der Waals surface area contributed by atoms with E-state index in [2.05, 4.69) is 17.0 Å². The summed E-state index contributed by atoms with van der Waals surface area (Å²) in [5, 5.41) is 4.94. The molecule has 5 heteroatoms. The first-order chi connectivity index (χ1) is 9.47. The Hall–Kier alpha value is -0.870. The Morgan fingerprint density at radius 2 is 1.90 bits per heavy atom. The molecule has 2 saturated heterocycles. The van der Waals surface area contributed by atoms with Crippen LogP contribution in [0.3, 0.4) is 0 Å². The van der Waals surface area contributed by atoms with Crippen LogP contribution in [-0.2, 0) is 18.3 Å². The van der Waals surface area contributed by atoms with Gasteiger partial charge in [0.2, 0.25) is 0 Å². The summed E-state index contributed by atoms with van der Waals surface area (Å²) < 4.78 is 1.75. The number of fused-ring (bicyclic) bond motifs is 2. The zero-order chi connectivity index (χ0) is 14.4. The lowest BCUT2D eigenvalue weighted by Gasteiger charge is -2.35. The van der Waals surface area contributed by atoms with Crippen molar-refractivity contribution in [2.24, 2.45) is 13.0 Å². The van der Waals surface area contributed by atoms with Crippen molar-refractivity contribution >= 4 is 17.4 Å². The summed E-state index contributed by atoms with van der Waals surface area (Å²) in [5.74, 6) is 0.537. The summed E-state index contributed by atoms with van der Waals surface area (Å²) in [6, 6.07) is 1.21. The Kier molecular flexibility index (Phi) is 3.63. The fourth-order valence-corrected chi connectivity index (χ4v) is 4.08. The van der Waals surface area contributed by atoms with Crippen LogP contribution in [0, 0.1) is 12.8 Å². The summed E-state index contributed by atoms with van der Waals surface area (Å²) in [4.78, 5) is 15.1. The molecule has 0 aliphatic carbocycles. The first-order valence-electron chi connectivity index (χ1n) is 7.40. The van der Waals surface area contributed by atoms with Crippen molar-refractivity contribution in [3.8, 4) is 0 Å². The molecule has 0 spiro atoms. The monoisotopic (exact) mass is 295 g/mol. The SMILES string of the molecule is Cc1nn(C)c(CC(=O)C2CC3CCC(C2)N3C)c1Cl. The number of nitrogens with zero attached hydrogens (tertiary/aromatic N) is 3. The zero-order valence-corrected chi connectivity index (χ0v) is 13.2. The van der Waals surface area contributed by atoms with Crippen molar-refractivity contribution in [2.75, 3.05) is 7.05 Å². The van der Waals surface area contributed by atoms with Crippen molar-refractivity contribution < 1.29 is 4.79 Å². The number of aromatic nitrogens is 2. The highest BCUT2D eigenvalue weighted by Crippen LogP contribution is 2.38. The maximum Gasteiger partial charge on any atom is 0.142 e. The van der Waals surface area contributed by atoms with Gasteiger partial charge in [0.25, 0.3) is 0 Å². The van der Waals surface area contributed by atoms with Gasteiger partial charge in [-0.2, -0.15) is 5.10 Å². The second-order valence-electron chi connectivity index (χ2n) is 6.33. The van der Waals surface area contributed by atoms with Gasteiger partial charge in [0.15, 0.2) is 0 Å². The van der Waals surface area contributed by atoms with Crippen molar-refractivity contribution in [1.29, 1.82) is 0 Å². The van der Waals surface area contributed by atoms with Gasteiger partial charge in [-0.25, -0.2) is 0 Å². The average Bonchev–Trinajstić information content (AvgIpc) is 2.76. The van der Waals surface area contributed by atoms with Gasteiger partial charge in [-0.15, -0.1) is 0 Å². The van der Waals surface area contributed by atoms with Crippen LogP contribution in [0.5, 0.6) is 0 Å². The lowest BCUT2D eigenvalue weighted by atomic mass is 9.86. The molecule has 2 bridgehead atoms. The molecule has 110 valence electrons. The summed E-state index contributed by atoms with van der Waals surface area (Å²) in [5.41, 5.74) is 1.67. The molecule has 2 atom stereocenters. The van der Waals surface area contributed by atoms with Gasteiger partial charge in [0.05, 0.1) is 22.8 Å². The van der Waals surface area contributed by atoms with Gasteiger partial charge in [-0.05, 0) is 39.7 Å². The molecule has 2 aliphatic heterocycles. The number of carbonyl (C=O) groups excluding carboxylic acids is 1. The van der Waals surface area contributed by atoms with E-state index in [1.54, 1.807) is 4.68 Å². The van der Waals surface area contributed by atoms with Crippen LogP contribution in [-0.4, -0.2) is 39.6 Å². The number of hydrogen-bond donors (Lipinski definition) is 0. The quantitative estimate of drug-likeness (QED) is 0.859. The third-order valence-electron chi connectivity index (χ3n) is 5.16. The van der Waals surface area contributed by atoms with E-state index >= 15 is 0 Å². The van der Waals surface area contributed by atoms with Gasteiger partial charge in [0.1, 0.15) is 5.78 Å². The minimum atomic E-state index is 0.204. The highest BCUT2D eigenvalue weighted by molar-refractivity contribution is 6.32. The van der Waals surface area contributed by atoms with E-state index in [1.807, 2.05) is 14.0 Å². The van der Waals surface area contributed by atoms with E-state index in [4.69, 9.17) is 11.6 Å². The Balaban J connectivity index is 1.71. The van der Waals surface area contributed by atoms with Gasteiger partial charge in [-0.1, -0.05) is 11.6 Å². The number of aryl methyl sites for hydroxylation is 2. The standard InChI is InChI=1S/C15H22ClN3O/c1-9-15(16)13(19(3)17-9)8-14(20)10-6-11-4-5-12(7-10)18(11)2/h10-12H,4-8H2,1-3H3. The highest BCUT2D eigenvalue weighted by atomic mass is 35.5. The molecule has 1 aromatic heterocycles. The minimum absolute atomic E-state index is 0.204. The van der Waals surface area contributed by atoms with E-state index in [9.17, 15) is 4.79 Å². The fourth-order valence-electron chi connectivity index (χ4n) is 3.86. The molecule has 4 nitrogen and oxygen atoms in total. The number of carbonyl (C=O) groups is 1. The van der Waals surface area contributed by atoms with Crippen LogP contribution in [0.15, 0.2) is 0 Å². The average molecular weight is 296 g/mol. The molecule has 0 amide bonds. The Labute approximate surface area is 125 Å². The third-order valence-corrected chi connectivity index (χ3v) is 5.65. The number of Topliss-reactive ketones (excluding diaryl/α,β-unsaturated/α-hetero) is 1. The molecule has 2 unspecified atom stereocenters. The zero-order valence-electron chi connectivity index (χ0n) is 12.4. The normalized spacial score (nSPS) is 29.9. The predicted molar refractivity (Wildman–Crippen MR) is 79.0 cm³/mol. The van der Waals surface area contributed by atoms with Crippen molar-refractivity contribution in [2.45, 2.75) is 51.1 Å². The van der Waals surface area contributed by atoms with Gasteiger partial charge >= 0.3 is 0 Å². The van der Waals surface area contributed by atoms with E-state index in [0.717, 1.165) is 24.2 Å².